The number of imidazole rings is 1. The largest absolute Gasteiger partial charge is 0.508 e. The average molecular weight is 394 g/mol. The third-order valence-electron chi connectivity index (χ3n) is 4.27. The molecule has 0 saturated heterocycles. The molecule has 0 bridgehead atoms. The van der Waals surface area contributed by atoms with Crippen LogP contribution in [-0.4, -0.2) is 36.3 Å². The minimum absolute atomic E-state index is 0.00249. The zero-order valence-corrected chi connectivity index (χ0v) is 15.4. The number of halogens is 1. The Labute approximate surface area is 165 Å². The normalized spacial score (nSPS) is 11.0. The minimum atomic E-state index is -0.394. The van der Waals surface area contributed by atoms with E-state index < -0.39 is 5.82 Å². The van der Waals surface area contributed by atoms with Gasteiger partial charge in [0.1, 0.15) is 17.1 Å². The fraction of sp³-hybridized carbons (Fsp3) is 0.150. The first-order valence-corrected chi connectivity index (χ1v) is 9.06. The number of phenolic OH excluding ortho intramolecular Hbond substituents is 1. The van der Waals surface area contributed by atoms with E-state index in [-0.39, 0.29) is 12.4 Å². The van der Waals surface area contributed by atoms with E-state index in [2.05, 4.69) is 25.6 Å². The molecule has 2 aromatic heterocycles. The fourth-order valence-corrected chi connectivity index (χ4v) is 2.87. The van der Waals surface area contributed by atoms with E-state index in [9.17, 15) is 14.6 Å². The minimum Gasteiger partial charge on any atom is -0.508 e. The second-order valence-corrected chi connectivity index (χ2v) is 6.34. The van der Waals surface area contributed by atoms with E-state index in [0.717, 1.165) is 0 Å². The van der Waals surface area contributed by atoms with Crippen molar-refractivity contribution in [2.45, 2.75) is 13.0 Å². The van der Waals surface area contributed by atoms with Crippen LogP contribution in [0.5, 0.6) is 5.75 Å². The number of aryl methyl sites for hydroxylation is 1. The van der Waals surface area contributed by atoms with E-state index in [1.54, 1.807) is 53.2 Å². The molecule has 0 aliphatic heterocycles. The quantitative estimate of drug-likeness (QED) is 0.355. The lowest BCUT2D eigenvalue weighted by molar-refractivity contribution is 0.280. The molecule has 4 aromatic rings. The van der Waals surface area contributed by atoms with Crippen LogP contribution >= 0.6 is 0 Å². The van der Waals surface area contributed by atoms with Gasteiger partial charge in [0, 0.05) is 18.8 Å². The zero-order valence-electron chi connectivity index (χ0n) is 15.4. The third-order valence-corrected chi connectivity index (χ3v) is 4.27. The molecule has 2 aromatic carbocycles. The summed E-state index contributed by atoms with van der Waals surface area (Å²) in [6.07, 6.45) is 2.06. The molecule has 29 heavy (non-hydrogen) atoms. The number of aliphatic hydroxyl groups is 1. The van der Waals surface area contributed by atoms with Crippen LogP contribution in [0.15, 0.2) is 54.7 Å². The number of hydrogen-bond acceptors (Lipinski definition) is 7. The number of hydrogen-bond donors (Lipinski definition) is 4. The highest BCUT2D eigenvalue weighted by Gasteiger charge is 2.15. The molecule has 4 rings (SSSR count). The molecular weight excluding hydrogens is 375 g/mol. The smallest absolute Gasteiger partial charge is 0.229 e. The lowest BCUT2D eigenvalue weighted by Gasteiger charge is -2.10. The summed E-state index contributed by atoms with van der Waals surface area (Å²) in [4.78, 5) is 13.3. The van der Waals surface area contributed by atoms with Crippen molar-refractivity contribution in [1.82, 2.24) is 19.5 Å². The number of aromatic nitrogens is 4. The van der Waals surface area contributed by atoms with Crippen molar-refractivity contribution in [2.75, 3.05) is 17.2 Å². The standard InChI is InChI=1S/C20H19FN6O2/c21-15-4-1-2-5-16(15)24-20-25-17-12-22-19(23-13-6-8-14(29)9-7-13)26-18(17)27(20)10-3-11-28/h1-2,4-9,12,28-29H,3,10-11H2,(H,24,25)(H,22,23,26). The Morgan fingerprint density at radius 3 is 2.55 bits per heavy atom. The number of fused-ring (bicyclic) bond motifs is 1. The lowest BCUT2D eigenvalue weighted by atomic mass is 10.3. The number of para-hydroxylation sites is 1. The molecule has 9 heteroatoms. The van der Waals surface area contributed by atoms with Crippen molar-refractivity contribution in [2.24, 2.45) is 0 Å². The lowest BCUT2D eigenvalue weighted by Crippen LogP contribution is -2.07. The van der Waals surface area contributed by atoms with Gasteiger partial charge >= 0.3 is 0 Å². The first-order chi connectivity index (χ1) is 14.1. The first-order valence-electron chi connectivity index (χ1n) is 9.06. The van der Waals surface area contributed by atoms with Crippen molar-refractivity contribution in [1.29, 1.82) is 0 Å². The highest BCUT2D eigenvalue weighted by molar-refractivity contribution is 5.77. The number of nitrogens with one attached hydrogen (secondary N) is 2. The molecule has 0 unspecified atom stereocenters. The Hall–Kier alpha value is -3.72. The van der Waals surface area contributed by atoms with Crippen LogP contribution in [0.2, 0.25) is 0 Å². The van der Waals surface area contributed by atoms with Crippen LogP contribution in [0.4, 0.5) is 27.7 Å². The Morgan fingerprint density at radius 2 is 1.79 bits per heavy atom. The van der Waals surface area contributed by atoms with Gasteiger partial charge in [0.25, 0.3) is 0 Å². The fourth-order valence-electron chi connectivity index (χ4n) is 2.87. The summed E-state index contributed by atoms with van der Waals surface area (Å²) >= 11 is 0. The number of rotatable bonds is 7. The molecule has 0 saturated carbocycles. The number of phenols is 1. The van der Waals surface area contributed by atoms with Gasteiger partial charge in [-0.05, 0) is 42.8 Å². The van der Waals surface area contributed by atoms with Gasteiger partial charge in [0.2, 0.25) is 11.9 Å². The molecule has 8 nitrogen and oxygen atoms in total. The van der Waals surface area contributed by atoms with Crippen molar-refractivity contribution in [3.8, 4) is 5.75 Å². The van der Waals surface area contributed by atoms with Gasteiger partial charge in [-0.1, -0.05) is 12.1 Å². The maximum Gasteiger partial charge on any atom is 0.229 e. The third kappa shape index (κ3) is 4.09. The molecule has 0 aliphatic carbocycles. The summed E-state index contributed by atoms with van der Waals surface area (Å²) in [5, 5.41) is 24.7. The van der Waals surface area contributed by atoms with Crippen LogP contribution in [0.1, 0.15) is 6.42 Å². The number of anilines is 4. The SMILES string of the molecule is OCCCn1c(Nc2ccccc2F)nc2cnc(Nc3ccc(O)cc3)nc21. The zero-order chi connectivity index (χ0) is 20.2. The average Bonchev–Trinajstić information content (AvgIpc) is 3.06. The summed E-state index contributed by atoms with van der Waals surface area (Å²) in [5.41, 5.74) is 2.10. The van der Waals surface area contributed by atoms with E-state index in [1.165, 1.54) is 6.07 Å². The van der Waals surface area contributed by atoms with Gasteiger partial charge in [-0.3, -0.25) is 4.57 Å². The monoisotopic (exact) mass is 394 g/mol. The van der Waals surface area contributed by atoms with E-state index in [4.69, 9.17) is 0 Å². The van der Waals surface area contributed by atoms with Crippen molar-refractivity contribution in [3.05, 3.63) is 60.5 Å². The van der Waals surface area contributed by atoms with Crippen LogP contribution in [0.3, 0.4) is 0 Å². The summed E-state index contributed by atoms with van der Waals surface area (Å²) in [5.74, 6) is 0.535. The molecule has 0 fully saturated rings. The van der Waals surface area contributed by atoms with E-state index in [1.807, 2.05) is 0 Å². The molecule has 0 aliphatic rings. The van der Waals surface area contributed by atoms with Crippen molar-refractivity contribution in [3.63, 3.8) is 0 Å². The van der Waals surface area contributed by atoms with Gasteiger partial charge in [0.05, 0.1) is 11.9 Å². The maximum atomic E-state index is 14.1. The van der Waals surface area contributed by atoms with Crippen LogP contribution in [0, 0.1) is 5.82 Å². The molecule has 2 heterocycles. The molecular formula is C20H19FN6O2. The van der Waals surface area contributed by atoms with Gasteiger partial charge in [-0.15, -0.1) is 0 Å². The second kappa shape index (κ2) is 8.11. The predicted molar refractivity (Wildman–Crippen MR) is 108 cm³/mol. The number of nitrogens with zero attached hydrogens (tertiary/aromatic N) is 4. The number of aliphatic hydroxyl groups excluding tert-OH is 1. The molecule has 148 valence electrons. The molecule has 0 atom stereocenters. The summed E-state index contributed by atoms with van der Waals surface area (Å²) in [6.45, 7) is 0.446. The van der Waals surface area contributed by atoms with E-state index >= 15 is 0 Å². The summed E-state index contributed by atoms with van der Waals surface area (Å²) < 4.78 is 15.8. The number of aromatic hydroxyl groups is 1. The Bertz CT molecular complexity index is 1130. The van der Waals surface area contributed by atoms with Gasteiger partial charge in [0.15, 0.2) is 5.65 Å². The summed E-state index contributed by atoms with van der Waals surface area (Å²) in [7, 11) is 0. The maximum absolute atomic E-state index is 14.1. The second-order valence-electron chi connectivity index (χ2n) is 6.34. The molecule has 0 spiro atoms. The summed E-state index contributed by atoms with van der Waals surface area (Å²) in [6, 6.07) is 12.9. The Kier molecular flexibility index (Phi) is 5.21. The first kappa shape index (κ1) is 18.6. The number of benzene rings is 2. The highest BCUT2D eigenvalue weighted by Crippen LogP contribution is 2.25. The van der Waals surface area contributed by atoms with Crippen LogP contribution in [-0.2, 0) is 6.54 Å². The van der Waals surface area contributed by atoms with Gasteiger partial charge in [-0.2, -0.15) is 4.98 Å². The molecule has 0 radical (unpaired) electrons. The topological polar surface area (TPSA) is 108 Å². The molecule has 4 N–H and O–H groups in total. The van der Waals surface area contributed by atoms with Crippen molar-refractivity contribution < 1.29 is 14.6 Å². The van der Waals surface area contributed by atoms with Gasteiger partial charge in [-0.25, -0.2) is 14.4 Å². The van der Waals surface area contributed by atoms with E-state index in [0.29, 0.717) is 47.4 Å². The van der Waals surface area contributed by atoms with Gasteiger partial charge < -0.3 is 20.8 Å². The van der Waals surface area contributed by atoms with Crippen LogP contribution < -0.4 is 10.6 Å². The Morgan fingerprint density at radius 1 is 1.00 bits per heavy atom. The predicted octanol–water partition coefficient (Wildman–Crippen LogP) is 3.54. The van der Waals surface area contributed by atoms with Crippen molar-refractivity contribution >= 4 is 34.4 Å². The Balaban J connectivity index is 1.70. The highest BCUT2D eigenvalue weighted by atomic mass is 19.1. The molecule has 0 amide bonds. The van der Waals surface area contributed by atoms with Crippen LogP contribution in [0.25, 0.3) is 11.2 Å².